The third kappa shape index (κ3) is 3.02. The molecule has 3 heterocycles. The molecule has 112 valence electrons. The lowest BCUT2D eigenvalue weighted by atomic mass is 10.1. The Bertz CT molecular complexity index is 429. The topological polar surface area (TPSA) is 63.4 Å². The Morgan fingerprint density at radius 2 is 2.25 bits per heavy atom. The molecule has 0 aliphatic carbocycles. The van der Waals surface area contributed by atoms with Gasteiger partial charge in [0, 0.05) is 19.1 Å². The predicted molar refractivity (Wildman–Crippen MR) is 74.3 cm³/mol. The summed E-state index contributed by atoms with van der Waals surface area (Å²) in [6.07, 6.45) is 3.46. The maximum absolute atomic E-state index is 5.80. The molecule has 6 heteroatoms. The first-order valence-electron chi connectivity index (χ1n) is 7.66. The highest BCUT2D eigenvalue weighted by molar-refractivity contribution is 4.98. The number of piperidine rings is 1. The van der Waals surface area contributed by atoms with E-state index in [4.69, 9.17) is 9.26 Å². The molecule has 0 spiro atoms. The number of nitrogens with zero attached hydrogens (tertiary/aromatic N) is 3. The van der Waals surface area contributed by atoms with Crippen LogP contribution in [0.5, 0.6) is 0 Å². The van der Waals surface area contributed by atoms with Crippen LogP contribution in [0.15, 0.2) is 4.52 Å². The fourth-order valence-electron chi connectivity index (χ4n) is 2.88. The van der Waals surface area contributed by atoms with Crippen molar-refractivity contribution in [3.8, 4) is 0 Å². The van der Waals surface area contributed by atoms with E-state index in [-0.39, 0.29) is 12.1 Å². The molecule has 3 rings (SSSR count). The summed E-state index contributed by atoms with van der Waals surface area (Å²) in [5.74, 6) is 1.41. The Hall–Kier alpha value is -0.980. The van der Waals surface area contributed by atoms with Crippen LogP contribution in [-0.4, -0.2) is 47.3 Å². The summed E-state index contributed by atoms with van der Waals surface area (Å²) in [5, 5.41) is 7.56. The van der Waals surface area contributed by atoms with Crippen LogP contribution < -0.4 is 5.32 Å². The summed E-state index contributed by atoms with van der Waals surface area (Å²) in [5.41, 5.74) is 0. The third-order valence-electron chi connectivity index (χ3n) is 4.18. The SMILES string of the molecule is CC(C)N1CCOC(c2noc([C@H]3CCCCN3)n2)C1. The molecule has 1 N–H and O–H groups in total. The molecule has 2 fully saturated rings. The summed E-state index contributed by atoms with van der Waals surface area (Å²) in [6.45, 7) is 7.99. The quantitative estimate of drug-likeness (QED) is 0.908. The zero-order valence-electron chi connectivity index (χ0n) is 12.3. The highest BCUT2D eigenvalue weighted by atomic mass is 16.5. The Labute approximate surface area is 119 Å². The molecule has 6 nitrogen and oxygen atoms in total. The average Bonchev–Trinajstić information content (AvgIpc) is 2.98. The summed E-state index contributed by atoms with van der Waals surface area (Å²) in [7, 11) is 0. The maximum atomic E-state index is 5.80. The lowest BCUT2D eigenvalue weighted by Gasteiger charge is -2.34. The summed E-state index contributed by atoms with van der Waals surface area (Å²) in [6, 6.07) is 0.738. The number of morpholine rings is 1. The van der Waals surface area contributed by atoms with Crippen molar-refractivity contribution >= 4 is 0 Å². The van der Waals surface area contributed by atoms with Crippen molar-refractivity contribution < 1.29 is 9.26 Å². The Morgan fingerprint density at radius 1 is 1.35 bits per heavy atom. The van der Waals surface area contributed by atoms with Crippen molar-refractivity contribution in [1.82, 2.24) is 20.4 Å². The zero-order valence-corrected chi connectivity index (χ0v) is 12.3. The molecule has 2 saturated heterocycles. The molecule has 20 heavy (non-hydrogen) atoms. The second-order valence-corrected chi connectivity index (χ2v) is 5.94. The van der Waals surface area contributed by atoms with E-state index in [1.54, 1.807) is 0 Å². The first-order valence-corrected chi connectivity index (χ1v) is 7.66. The van der Waals surface area contributed by atoms with Gasteiger partial charge in [-0.15, -0.1) is 0 Å². The molecule has 0 amide bonds. The van der Waals surface area contributed by atoms with Crippen molar-refractivity contribution in [1.29, 1.82) is 0 Å². The van der Waals surface area contributed by atoms with Crippen molar-refractivity contribution in [2.24, 2.45) is 0 Å². The average molecular weight is 280 g/mol. The van der Waals surface area contributed by atoms with Crippen molar-refractivity contribution in [3.05, 3.63) is 11.7 Å². The molecular weight excluding hydrogens is 256 g/mol. The normalized spacial score (nSPS) is 28.9. The van der Waals surface area contributed by atoms with E-state index in [9.17, 15) is 0 Å². The van der Waals surface area contributed by atoms with Crippen LogP contribution in [0.2, 0.25) is 0 Å². The maximum Gasteiger partial charge on any atom is 0.243 e. The van der Waals surface area contributed by atoms with Gasteiger partial charge in [-0.2, -0.15) is 4.98 Å². The van der Waals surface area contributed by atoms with E-state index in [1.807, 2.05) is 0 Å². The van der Waals surface area contributed by atoms with Crippen LogP contribution >= 0.6 is 0 Å². The van der Waals surface area contributed by atoms with Crippen molar-refractivity contribution in [2.45, 2.75) is 51.3 Å². The van der Waals surface area contributed by atoms with Gasteiger partial charge in [0.15, 0.2) is 0 Å². The molecule has 0 saturated carbocycles. The van der Waals surface area contributed by atoms with Gasteiger partial charge >= 0.3 is 0 Å². The second-order valence-electron chi connectivity index (χ2n) is 5.94. The van der Waals surface area contributed by atoms with Gasteiger partial charge < -0.3 is 14.6 Å². The summed E-state index contributed by atoms with van der Waals surface area (Å²) in [4.78, 5) is 6.95. The molecule has 2 atom stereocenters. The fraction of sp³-hybridized carbons (Fsp3) is 0.857. The number of rotatable bonds is 3. The first kappa shape index (κ1) is 14.0. The third-order valence-corrected chi connectivity index (χ3v) is 4.18. The van der Waals surface area contributed by atoms with Gasteiger partial charge in [0.1, 0.15) is 6.10 Å². The Balaban J connectivity index is 1.66. The number of nitrogens with one attached hydrogen (secondary N) is 1. The molecule has 0 bridgehead atoms. The first-order chi connectivity index (χ1) is 9.74. The van der Waals surface area contributed by atoms with Crippen molar-refractivity contribution in [2.75, 3.05) is 26.2 Å². The molecule has 1 aromatic rings. The number of aromatic nitrogens is 2. The highest BCUT2D eigenvalue weighted by Crippen LogP contribution is 2.25. The molecule has 2 aliphatic rings. The van der Waals surface area contributed by atoms with Crippen LogP contribution in [0.4, 0.5) is 0 Å². The van der Waals surface area contributed by atoms with Gasteiger partial charge in [-0.25, -0.2) is 0 Å². The minimum absolute atomic E-state index is 0.0627. The van der Waals surface area contributed by atoms with Crippen LogP contribution in [0, 0.1) is 0 Å². The van der Waals surface area contributed by atoms with Crippen molar-refractivity contribution in [3.63, 3.8) is 0 Å². The molecule has 0 aromatic carbocycles. The Morgan fingerprint density at radius 3 is 3.00 bits per heavy atom. The standard InChI is InChI=1S/C14H24N4O2/c1-10(2)18-7-8-19-12(9-18)13-16-14(20-17-13)11-5-3-4-6-15-11/h10-12,15H,3-9H2,1-2H3/t11-,12?/m1/s1. The minimum atomic E-state index is -0.0627. The van der Waals surface area contributed by atoms with E-state index in [1.165, 1.54) is 12.8 Å². The lowest BCUT2D eigenvalue weighted by Crippen LogP contribution is -2.42. The van der Waals surface area contributed by atoms with Gasteiger partial charge in [0.05, 0.1) is 12.6 Å². The predicted octanol–water partition coefficient (Wildman–Crippen LogP) is 1.67. The summed E-state index contributed by atoms with van der Waals surface area (Å²) < 4.78 is 11.2. The summed E-state index contributed by atoms with van der Waals surface area (Å²) >= 11 is 0. The fourth-order valence-corrected chi connectivity index (χ4v) is 2.88. The van der Waals surface area contributed by atoms with E-state index in [2.05, 4.69) is 34.2 Å². The smallest absolute Gasteiger partial charge is 0.243 e. The van der Waals surface area contributed by atoms with E-state index in [0.29, 0.717) is 17.8 Å². The van der Waals surface area contributed by atoms with E-state index in [0.717, 1.165) is 32.7 Å². The van der Waals surface area contributed by atoms with E-state index < -0.39 is 0 Å². The highest BCUT2D eigenvalue weighted by Gasteiger charge is 2.29. The lowest BCUT2D eigenvalue weighted by molar-refractivity contribution is -0.0450. The van der Waals surface area contributed by atoms with Gasteiger partial charge in [-0.1, -0.05) is 11.6 Å². The molecular formula is C14H24N4O2. The van der Waals surface area contributed by atoms with Crippen LogP contribution in [0.1, 0.15) is 57.0 Å². The van der Waals surface area contributed by atoms with Gasteiger partial charge in [-0.3, -0.25) is 4.90 Å². The minimum Gasteiger partial charge on any atom is -0.367 e. The molecule has 1 unspecified atom stereocenters. The van der Waals surface area contributed by atoms with Gasteiger partial charge in [0.2, 0.25) is 11.7 Å². The molecule has 2 aliphatic heterocycles. The largest absolute Gasteiger partial charge is 0.367 e. The van der Waals surface area contributed by atoms with Crippen LogP contribution in [0.3, 0.4) is 0 Å². The van der Waals surface area contributed by atoms with Gasteiger partial charge in [-0.05, 0) is 33.2 Å². The number of ether oxygens (including phenoxy) is 1. The van der Waals surface area contributed by atoms with Gasteiger partial charge in [0.25, 0.3) is 0 Å². The van der Waals surface area contributed by atoms with Crippen LogP contribution in [-0.2, 0) is 4.74 Å². The monoisotopic (exact) mass is 280 g/mol. The number of hydrogen-bond acceptors (Lipinski definition) is 6. The zero-order chi connectivity index (χ0) is 13.9. The van der Waals surface area contributed by atoms with Crippen LogP contribution in [0.25, 0.3) is 0 Å². The number of hydrogen-bond donors (Lipinski definition) is 1. The Kier molecular flexibility index (Phi) is 4.33. The molecule has 1 aromatic heterocycles. The molecule has 0 radical (unpaired) electrons. The van der Waals surface area contributed by atoms with E-state index >= 15 is 0 Å². The second kappa shape index (κ2) is 6.20.